The highest BCUT2D eigenvalue weighted by Gasteiger charge is 2.39. The molecule has 1 aliphatic rings. The van der Waals surface area contributed by atoms with Crippen LogP contribution in [0.25, 0.3) is 0 Å². The molecule has 1 aliphatic heterocycles. The van der Waals surface area contributed by atoms with Crippen LogP contribution in [0.4, 0.5) is 0 Å². The van der Waals surface area contributed by atoms with Crippen LogP contribution in [0.5, 0.6) is 0 Å². The van der Waals surface area contributed by atoms with Crippen LogP contribution in [0.1, 0.15) is 67.7 Å². The van der Waals surface area contributed by atoms with Gasteiger partial charge in [0, 0.05) is 30.7 Å². The maximum Gasteiger partial charge on any atom is 0.0304 e. The maximum absolute atomic E-state index is 3.86. The van der Waals surface area contributed by atoms with Crippen LogP contribution in [0.2, 0.25) is 0 Å². The Hall–Kier alpha value is -0.0800. The average Bonchev–Trinajstić information content (AvgIpc) is 2.37. The topological polar surface area (TPSA) is 15.3 Å². The Balaban J connectivity index is 2.84. The zero-order valence-electron chi connectivity index (χ0n) is 14.3. The van der Waals surface area contributed by atoms with E-state index < -0.39 is 0 Å². The molecule has 1 fully saturated rings. The first-order valence-electron chi connectivity index (χ1n) is 8.36. The monoisotopic (exact) mass is 268 g/mol. The summed E-state index contributed by atoms with van der Waals surface area (Å²) in [6.45, 7) is 18.9. The first-order valence-corrected chi connectivity index (χ1v) is 8.36. The molecule has 2 atom stereocenters. The van der Waals surface area contributed by atoms with Crippen molar-refractivity contribution in [3.8, 4) is 0 Å². The number of piperazine rings is 1. The average molecular weight is 268 g/mol. The minimum Gasteiger partial charge on any atom is -0.308 e. The van der Waals surface area contributed by atoms with Crippen molar-refractivity contribution in [2.75, 3.05) is 13.1 Å². The first-order chi connectivity index (χ1) is 8.85. The normalized spacial score (nSPS) is 26.1. The van der Waals surface area contributed by atoms with E-state index in [2.05, 4.69) is 58.7 Å². The lowest BCUT2D eigenvalue weighted by Gasteiger charge is -2.51. The largest absolute Gasteiger partial charge is 0.308 e. The van der Waals surface area contributed by atoms with Gasteiger partial charge < -0.3 is 5.32 Å². The Morgan fingerprint density at radius 2 is 1.68 bits per heavy atom. The molecule has 0 spiro atoms. The third-order valence-corrected chi connectivity index (χ3v) is 5.10. The van der Waals surface area contributed by atoms with Crippen molar-refractivity contribution in [1.82, 2.24) is 10.2 Å². The van der Waals surface area contributed by atoms with Crippen LogP contribution in [-0.4, -0.2) is 35.6 Å². The highest BCUT2D eigenvalue weighted by atomic mass is 15.3. The zero-order valence-corrected chi connectivity index (χ0v) is 14.3. The van der Waals surface area contributed by atoms with Crippen molar-refractivity contribution < 1.29 is 0 Å². The van der Waals surface area contributed by atoms with Gasteiger partial charge in [-0.3, -0.25) is 4.90 Å². The van der Waals surface area contributed by atoms with Crippen molar-refractivity contribution >= 4 is 0 Å². The molecular weight excluding hydrogens is 232 g/mol. The predicted molar refractivity (Wildman–Crippen MR) is 85.6 cm³/mol. The smallest absolute Gasteiger partial charge is 0.0304 e. The third-order valence-electron chi connectivity index (χ3n) is 5.10. The lowest BCUT2D eigenvalue weighted by Crippen LogP contribution is -2.66. The van der Waals surface area contributed by atoms with Crippen molar-refractivity contribution in [2.45, 2.75) is 85.4 Å². The van der Waals surface area contributed by atoms with E-state index in [1.807, 2.05) is 0 Å². The van der Waals surface area contributed by atoms with Crippen molar-refractivity contribution in [1.29, 1.82) is 0 Å². The standard InChI is InChI=1S/C17H36N2/c1-8-17(9-2)12-19(15(7)10-13(3)4)16(11-18-17)14(5)6/h13-16,18H,8-12H2,1-7H3. The molecule has 1 rings (SSSR count). The Morgan fingerprint density at radius 1 is 1.11 bits per heavy atom. The minimum absolute atomic E-state index is 0.344. The second-order valence-corrected chi connectivity index (χ2v) is 7.33. The fourth-order valence-corrected chi connectivity index (χ4v) is 3.60. The van der Waals surface area contributed by atoms with E-state index in [9.17, 15) is 0 Å². The summed E-state index contributed by atoms with van der Waals surface area (Å²) in [5, 5.41) is 3.86. The highest BCUT2D eigenvalue weighted by molar-refractivity contribution is 4.98. The van der Waals surface area contributed by atoms with Crippen LogP contribution < -0.4 is 5.32 Å². The molecule has 1 N–H and O–H groups in total. The molecule has 0 aromatic rings. The number of nitrogens with one attached hydrogen (secondary N) is 1. The Labute approximate surface area is 121 Å². The molecule has 0 amide bonds. The number of nitrogens with zero attached hydrogens (tertiary/aromatic N) is 1. The van der Waals surface area contributed by atoms with Gasteiger partial charge in [0.05, 0.1) is 0 Å². The Morgan fingerprint density at radius 3 is 2.11 bits per heavy atom. The number of rotatable bonds is 6. The van der Waals surface area contributed by atoms with Gasteiger partial charge in [-0.15, -0.1) is 0 Å². The summed E-state index contributed by atoms with van der Waals surface area (Å²) < 4.78 is 0. The van der Waals surface area contributed by atoms with E-state index in [1.54, 1.807) is 0 Å². The minimum atomic E-state index is 0.344. The van der Waals surface area contributed by atoms with Crippen LogP contribution in [-0.2, 0) is 0 Å². The van der Waals surface area contributed by atoms with Crippen LogP contribution in [0.3, 0.4) is 0 Å². The fraction of sp³-hybridized carbons (Fsp3) is 1.00. The van der Waals surface area contributed by atoms with Crippen molar-refractivity contribution in [2.24, 2.45) is 11.8 Å². The maximum atomic E-state index is 3.86. The first kappa shape index (κ1) is 17.0. The van der Waals surface area contributed by atoms with Gasteiger partial charge >= 0.3 is 0 Å². The summed E-state index contributed by atoms with van der Waals surface area (Å²) in [6, 6.07) is 1.40. The van der Waals surface area contributed by atoms with Gasteiger partial charge in [-0.05, 0) is 38.0 Å². The number of hydrogen-bond donors (Lipinski definition) is 1. The lowest BCUT2D eigenvalue weighted by molar-refractivity contribution is 0.0160. The second kappa shape index (κ2) is 7.08. The van der Waals surface area contributed by atoms with E-state index in [4.69, 9.17) is 0 Å². The molecule has 0 aromatic heterocycles. The summed E-state index contributed by atoms with van der Waals surface area (Å²) in [4.78, 5) is 2.80. The summed E-state index contributed by atoms with van der Waals surface area (Å²) in [5.74, 6) is 1.52. The van der Waals surface area contributed by atoms with Gasteiger partial charge in [-0.1, -0.05) is 41.5 Å². The van der Waals surface area contributed by atoms with Gasteiger partial charge in [0.1, 0.15) is 0 Å². The molecule has 0 aliphatic carbocycles. The van der Waals surface area contributed by atoms with Gasteiger partial charge in [-0.2, -0.15) is 0 Å². The lowest BCUT2D eigenvalue weighted by atomic mass is 9.84. The molecule has 1 heterocycles. The second-order valence-electron chi connectivity index (χ2n) is 7.33. The fourth-order valence-electron chi connectivity index (χ4n) is 3.60. The van der Waals surface area contributed by atoms with Crippen LogP contribution >= 0.6 is 0 Å². The van der Waals surface area contributed by atoms with E-state index in [0.717, 1.165) is 18.4 Å². The molecule has 0 aromatic carbocycles. The van der Waals surface area contributed by atoms with E-state index in [1.165, 1.54) is 25.8 Å². The summed E-state index contributed by atoms with van der Waals surface area (Å²) in [7, 11) is 0. The Bertz CT molecular complexity index is 256. The summed E-state index contributed by atoms with van der Waals surface area (Å²) in [5.41, 5.74) is 0.344. The van der Waals surface area contributed by atoms with Gasteiger partial charge in [0.2, 0.25) is 0 Å². The zero-order chi connectivity index (χ0) is 14.6. The summed E-state index contributed by atoms with van der Waals surface area (Å²) >= 11 is 0. The highest BCUT2D eigenvalue weighted by Crippen LogP contribution is 2.28. The van der Waals surface area contributed by atoms with Crippen LogP contribution in [0, 0.1) is 11.8 Å². The quantitative estimate of drug-likeness (QED) is 0.786. The van der Waals surface area contributed by atoms with E-state index in [-0.39, 0.29) is 0 Å². The van der Waals surface area contributed by atoms with E-state index in [0.29, 0.717) is 17.6 Å². The molecule has 114 valence electrons. The van der Waals surface area contributed by atoms with Crippen LogP contribution in [0.15, 0.2) is 0 Å². The van der Waals surface area contributed by atoms with Crippen molar-refractivity contribution in [3.05, 3.63) is 0 Å². The molecule has 19 heavy (non-hydrogen) atoms. The number of hydrogen-bond acceptors (Lipinski definition) is 2. The molecule has 2 unspecified atom stereocenters. The Kier molecular flexibility index (Phi) is 6.32. The predicted octanol–water partition coefficient (Wildman–Crippen LogP) is 3.91. The molecule has 1 saturated heterocycles. The molecule has 2 heteroatoms. The SMILES string of the molecule is CCC1(CC)CN(C(C)CC(C)C)C(C(C)C)CN1. The van der Waals surface area contributed by atoms with Gasteiger partial charge in [0.15, 0.2) is 0 Å². The molecule has 0 radical (unpaired) electrons. The van der Waals surface area contributed by atoms with Gasteiger partial charge in [-0.25, -0.2) is 0 Å². The van der Waals surface area contributed by atoms with E-state index >= 15 is 0 Å². The van der Waals surface area contributed by atoms with Crippen molar-refractivity contribution in [3.63, 3.8) is 0 Å². The third kappa shape index (κ3) is 4.19. The molecule has 0 saturated carbocycles. The molecule has 0 bridgehead atoms. The summed E-state index contributed by atoms with van der Waals surface area (Å²) in [6.07, 6.45) is 3.78. The van der Waals surface area contributed by atoms with Gasteiger partial charge in [0.25, 0.3) is 0 Å². The molecular formula is C17H36N2. The molecule has 2 nitrogen and oxygen atoms in total.